The van der Waals surface area contributed by atoms with E-state index in [4.69, 9.17) is 5.73 Å². The summed E-state index contributed by atoms with van der Waals surface area (Å²) in [5.41, 5.74) is 6.35. The Morgan fingerprint density at radius 1 is 1.39 bits per heavy atom. The number of guanidine groups is 1. The van der Waals surface area contributed by atoms with E-state index in [1.807, 2.05) is 0 Å². The molecule has 4 nitrogen and oxygen atoms in total. The van der Waals surface area contributed by atoms with Crippen molar-refractivity contribution in [3.63, 3.8) is 0 Å². The average molecular weight is 252 g/mol. The Balaban J connectivity index is 1.99. The fraction of sp³-hybridized carbons (Fsp3) is 0.929. The minimum atomic E-state index is 0.256. The molecular weight excluding hydrogens is 224 g/mol. The monoisotopic (exact) mass is 252 g/mol. The molecule has 2 rings (SSSR count). The van der Waals surface area contributed by atoms with Crippen molar-refractivity contribution in [2.45, 2.75) is 44.6 Å². The molecule has 2 aliphatic rings. The van der Waals surface area contributed by atoms with Crippen LogP contribution < -0.4 is 5.73 Å². The molecule has 0 atom stereocenters. The zero-order chi connectivity index (χ0) is 13.2. The van der Waals surface area contributed by atoms with E-state index >= 15 is 0 Å². The molecular formula is C14H28N4. The predicted octanol–water partition coefficient (Wildman–Crippen LogP) is 1.52. The molecule has 0 aromatic carbocycles. The molecule has 1 aliphatic carbocycles. The normalized spacial score (nSPS) is 32.3. The van der Waals surface area contributed by atoms with Crippen LogP contribution in [0.3, 0.4) is 0 Å². The third kappa shape index (κ3) is 2.63. The smallest absolute Gasteiger partial charge is 0.191 e. The molecule has 2 N–H and O–H groups in total. The van der Waals surface area contributed by atoms with Crippen LogP contribution in [0.15, 0.2) is 4.99 Å². The van der Waals surface area contributed by atoms with Gasteiger partial charge in [-0.2, -0.15) is 0 Å². The highest BCUT2D eigenvalue weighted by Gasteiger charge is 2.43. The van der Waals surface area contributed by atoms with Crippen molar-refractivity contribution in [2.24, 2.45) is 16.6 Å². The van der Waals surface area contributed by atoms with E-state index in [0.717, 1.165) is 31.5 Å². The van der Waals surface area contributed by atoms with Crippen LogP contribution >= 0.6 is 0 Å². The first kappa shape index (κ1) is 13.7. The summed E-state index contributed by atoms with van der Waals surface area (Å²) in [6, 6.07) is 0. The fourth-order valence-electron chi connectivity index (χ4n) is 3.34. The number of aliphatic imine (C=N–C) groups is 1. The summed E-state index contributed by atoms with van der Waals surface area (Å²) < 4.78 is 0. The minimum Gasteiger partial charge on any atom is -0.370 e. The lowest BCUT2D eigenvalue weighted by Crippen LogP contribution is -2.55. The summed E-state index contributed by atoms with van der Waals surface area (Å²) in [5, 5.41) is 0. The zero-order valence-electron chi connectivity index (χ0n) is 12.2. The van der Waals surface area contributed by atoms with E-state index in [0.29, 0.717) is 0 Å². The predicted molar refractivity (Wildman–Crippen MR) is 76.7 cm³/mol. The zero-order valence-corrected chi connectivity index (χ0v) is 12.2. The first-order valence-corrected chi connectivity index (χ1v) is 7.30. The maximum Gasteiger partial charge on any atom is 0.191 e. The molecule has 0 bridgehead atoms. The van der Waals surface area contributed by atoms with Crippen LogP contribution in [-0.2, 0) is 0 Å². The molecule has 18 heavy (non-hydrogen) atoms. The van der Waals surface area contributed by atoms with Gasteiger partial charge in [0.15, 0.2) is 5.96 Å². The summed E-state index contributed by atoms with van der Waals surface area (Å²) in [4.78, 5) is 9.13. The van der Waals surface area contributed by atoms with Crippen LogP contribution in [0, 0.1) is 5.92 Å². The Hall–Kier alpha value is -0.770. The largest absolute Gasteiger partial charge is 0.370 e. The highest BCUT2D eigenvalue weighted by Crippen LogP contribution is 2.40. The van der Waals surface area contributed by atoms with Crippen molar-refractivity contribution < 1.29 is 0 Å². The van der Waals surface area contributed by atoms with Gasteiger partial charge < -0.3 is 15.5 Å². The van der Waals surface area contributed by atoms with E-state index in [1.165, 1.54) is 32.1 Å². The molecule has 1 aliphatic heterocycles. The van der Waals surface area contributed by atoms with Crippen molar-refractivity contribution in [3.8, 4) is 0 Å². The Labute approximate surface area is 111 Å². The van der Waals surface area contributed by atoms with Crippen LogP contribution in [0.25, 0.3) is 0 Å². The van der Waals surface area contributed by atoms with Crippen LogP contribution in [-0.4, -0.2) is 55.0 Å². The van der Waals surface area contributed by atoms with Crippen molar-refractivity contribution >= 4 is 5.96 Å². The van der Waals surface area contributed by atoms with E-state index in [9.17, 15) is 0 Å². The molecule has 4 heteroatoms. The number of likely N-dealkylation sites (N-methyl/N-ethyl adjacent to an activating group) is 1. The third-order valence-electron chi connectivity index (χ3n) is 4.77. The van der Waals surface area contributed by atoms with Gasteiger partial charge in [0.25, 0.3) is 0 Å². The Bertz CT molecular complexity index is 303. The molecule has 0 saturated heterocycles. The molecule has 0 amide bonds. The Kier molecular flexibility index (Phi) is 4.15. The lowest BCUT2D eigenvalue weighted by atomic mass is 9.75. The maximum atomic E-state index is 6.10. The maximum absolute atomic E-state index is 6.10. The van der Waals surface area contributed by atoms with Gasteiger partial charge in [0.1, 0.15) is 0 Å². The topological polar surface area (TPSA) is 44.9 Å². The molecule has 1 spiro atoms. The highest BCUT2D eigenvalue weighted by atomic mass is 15.4. The lowest BCUT2D eigenvalue weighted by Gasteiger charge is -2.44. The summed E-state index contributed by atoms with van der Waals surface area (Å²) >= 11 is 0. The first-order chi connectivity index (χ1) is 8.57. The quantitative estimate of drug-likeness (QED) is 0.825. The molecule has 0 aromatic rings. The number of hydrogen-bond donors (Lipinski definition) is 1. The number of nitrogens with zero attached hydrogens (tertiary/aromatic N) is 3. The second-order valence-corrected chi connectivity index (χ2v) is 6.21. The van der Waals surface area contributed by atoms with Gasteiger partial charge in [0.2, 0.25) is 0 Å². The van der Waals surface area contributed by atoms with Crippen molar-refractivity contribution in [3.05, 3.63) is 0 Å². The van der Waals surface area contributed by atoms with E-state index in [1.54, 1.807) is 0 Å². The molecule has 1 heterocycles. The van der Waals surface area contributed by atoms with Gasteiger partial charge in [-0.1, -0.05) is 13.3 Å². The molecule has 0 unspecified atom stereocenters. The first-order valence-electron chi connectivity index (χ1n) is 7.30. The summed E-state index contributed by atoms with van der Waals surface area (Å²) in [6.07, 6.45) is 6.55. The number of rotatable bonds is 4. The van der Waals surface area contributed by atoms with Crippen LogP contribution in [0.5, 0.6) is 0 Å². The van der Waals surface area contributed by atoms with Gasteiger partial charge in [0.05, 0.1) is 12.1 Å². The summed E-state index contributed by atoms with van der Waals surface area (Å²) in [5.74, 6) is 1.69. The van der Waals surface area contributed by atoms with E-state index < -0.39 is 0 Å². The number of nitrogens with two attached hydrogens (primary N) is 1. The molecule has 1 fully saturated rings. The Morgan fingerprint density at radius 2 is 2.06 bits per heavy atom. The minimum absolute atomic E-state index is 0.256. The Morgan fingerprint density at radius 3 is 2.61 bits per heavy atom. The standard InChI is InChI=1S/C14H28N4/c1-4-12-5-7-14(8-6-12)11-16-13(15)18(14)10-9-17(2)3/h12H,4-11H2,1-3H3,(H2,15,16). The third-order valence-corrected chi connectivity index (χ3v) is 4.77. The average Bonchev–Trinajstić information content (AvgIpc) is 2.65. The van der Waals surface area contributed by atoms with Gasteiger partial charge in [-0.25, -0.2) is 0 Å². The van der Waals surface area contributed by atoms with Gasteiger partial charge in [-0.15, -0.1) is 0 Å². The van der Waals surface area contributed by atoms with E-state index in [-0.39, 0.29) is 5.54 Å². The highest BCUT2D eigenvalue weighted by molar-refractivity contribution is 5.81. The van der Waals surface area contributed by atoms with Gasteiger partial charge in [-0.05, 0) is 45.7 Å². The summed E-state index contributed by atoms with van der Waals surface area (Å²) in [7, 11) is 4.23. The number of hydrogen-bond acceptors (Lipinski definition) is 4. The van der Waals surface area contributed by atoms with Gasteiger partial charge in [-0.3, -0.25) is 4.99 Å². The molecule has 0 radical (unpaired) electrons. The SMILES string of the molecule is CCC1CCC2(CC1)CN=C(N)N2CCN(C)C. The van der Waals surface area contributed by atoms with Crippen molar-refractivity contribution in [2.75, 3.05) is 33.7 Å². The van der Waals surface area contributed by atoms with Gasteiger partial charge in [0, 0.05) is 13.1 Å². The van der Waals surface area contributed by atoms with Crippen LogP contribution in [0.4, 0.5) is 0 Å². The fourth-order valence-corrected chi connectivity index (χ4v) is 3.34. The van der Waals surface area contributed by atoms with Gasteiger partial charge >= 0.3 is 0 Å². The second-order valence-electron chi connectivity index (χ2n) is 6.21. The van der Waals surface area contributed by atoms with Crippen LogP contribution in [0.2, 0.25) is 0 Å². The second kappa shape index (κ2) is 5.47. The lowest BCUT2D eigenvalue weighted by molar-refractivity contribution is 0.109. The molecule has 0 aromatic heterocycles. The van der Waals surface area contributed by atoms with Crippen molar-refractivity contribution in [1.29, 1.82) is 0 Å². The summed E-state index contributed by atoms with van der Waals surface area (Å²) in [6.45, 7) is 5.29. The van der Waals surface area contributed by atoms with Crippen LogP contribution in [0.1, 0.15) is 39.0 Å². The van der Waals surface area contributed by atoms with Crippen molar-refractivity contribution in [1.82, 2.24) is 9.80 Å². The molecule has 104 valence electrons. The molecule has 1 saturated carbocycles. The van der Waals surface area contributed by atoms with E-state index in [2.05, 4.69) is 35.8 Å².